The number of primary amides is 1. The van der Waals surface area contributed by atoms with E-state index in [0.717, 1.165) is 24.8 Å². The molecule has 1 saturated heterocycles. The number of carbonyl (C=O) groups is 2. The summed E-state index contributed by atoms with van der Waals surface area (Å²) in [6.45, 7) is 0.713. The van der Waals surface area contributed by atoms with Crippen molar-refractivity contribution < 1.29 is 9.59 Å². The molecule has 0 saturated carbocycles. The number of piperidine rings is 1. The molecule has 1 aromatic rings. The molecule has 1 aliphatic heterocycles. The fraction of sp³-hybridized carbons (Fsp3) is 0.429. The van der Waals surface area contributed by atoms with Gasteiger partial charge in [-0.2, -0.15) is 11.3 Å². The van der Waals surface area contributed by atoms with Crippen molar-refractivity contribution in [2.45, 2.75) is 31.7 Å². The molecule has 1 aliphatic rings. The van der Waals surface area contributed by atoms with E-state index in [9.17, 15) is 9.59 Å². The smallest absolute Gasteiger partial charge is 0.246 e. The fourth-order valence-corrected chi connectivity index (χ4v) is 3.00. The van der Waals surface area contributed by atoms with E-state index in [1.54, 1.807) is 22.3 Å². The number of rotatable bonds is 4. The molecule has 1 atom stereocenters. The number of hydrogen-bond donors (Lipinski definition) is 1. The molecule has 0 radical (unpaired) electrons. The Kier molecular flexibility index (Phi) is 4.74. The van der Waals surface area contributed by atoms with Gasteiger partial charge < -0.3 is 10.6 Å². The number of nitrogens with two attached hydrogens (primary N) is 1. The summed E-state index contributed by atoms with van der Waals surface area (Å²) in [6, 6.07) is 1.93. The van der Waals surface area contributed by atoms with Crippen LogP contribution in [-0.4, -0.2) is 29.3 Å². The van der Waals surface area contributed by atoms with E-state index in [2.05, 4.69) is 0 Å². The lowest BCUT2D eigenvalue weighted by Gasteiger charge is -2.34. The third-order valence-electron chi connectivity index (χ3n) is 3.31. The van der Waals surface area contributed by atoms with Crippen molar-refractivity contribution in [2.75, 3.05) is 6.54 Å². The zero-order valence-electron chi connectivity index (χ0n) is 10.7. The van der Waals surface area contributed by atoms with E-state index in [4.69, 9.17) is 5.73 Å². The van der Waals surface area contributed by atoms with Gasteiger partial charge in [0.25, 0.3) is 0 Å². The van der Waals surface area contributed by atoms with Gasteiger partial charge in [-0.05, 0) is 47.7 Å². The van der Waals surface area contributed by atoms with Gasteiger partial charge in [0.05, 0.1) is 0 Å². The molecule has 1 fully saturated rings. The maximum Gasteiger partial charge on any atom is 0.246 e. The molecule has 0 bridgehead atoms. The van der Waals surface area contributed by atoms with Gasteiger partial charge in [-0.3, -0.25) is 9.59 Å². The molecular formula is C14H18N2O2S. The summed E-state index contributed by atoms with van der Waals surface area (Å²) in [5.41, 5.74) is 6.27. The molecular weight excluding hydrogens is 260 g/mol. The van der Waals surface area contributed by atoms with Gasteiger partial charge in [-0.1, -0.05) is 0 Å². The Morgan fingerprint density at radius 1 is 1.47 bits per heavy atom. The third kappa shape index (κ3) is 3.92. The van der Waals surface area contributed by atoms with Gasteiger partial charge in [0.15, 0.2) is 0 Å². The monoisotopic (exact) mass is 278 g/mol. The minimum atomic E-state index is -0.341. The van der Waals surface area contributed by atoms with E-state index in [1.807, 2.05) is 22.9 Å². The van der Waals surface area contributed by atoms with Gasteiger partial charge in [-0.25, -0.2) is 0 Å². The third-order valence-corrected chi connectivity index (χ3v) is 4.01. The van der Waals surface area contributed by atoms with E-state index in [-0.39, 0.29) is 24.3 Å². The average Bonchev–Trinajstić information content (AvgIpc) is 2.89. The molecule has 0 unspecified atom stereocenters. The number of thiophene rings is 1. The molecule has 19 heavy (non-hydrogen) atoms. The van der Waals surface area contributed by atoms with Crippen LogP contribution in [0.5, 0.6) is 0 Å². The van der Waals surface area contributed by atoms with Crippen LogP contribution in [0.15, 0.2) is 22.9 Å². The lowest BCUT2D eigenvalue weighted by atomic mass is 9.99. The van der Waals surface area contributed by atoms with E-state index in [1.165, 1.54) is 0 Å². The van der Waals surface area contributed by atoms with Gasteiger partial charge in [0, 0.05) is 25.1 Å². The van der Waals surface area contributed by atoms with Crippen LogP contribution in [0.4, 0.5) is 0 Å². The van der Waals surface area contributed by atoms with Crippen LogP contribution in [0.3, 0.4) is 0 Å². The first-order chi connectivity index (χ1) is 9.16. The summed E-state index contributed by atoms with van der Waals surface area (Å²) in [5.74, 6) is -0.372. The van der Waals surface area contributed by atoms with E-state index in [0.29, 0.717) is 6.54 Å². The topological polar surface area (TPSA) is 63.4 Å². The van der Waals surface area contributed by atoms with Crippen molar-refractivity contribution in [2.24, 2.45) is 5.73 Å². The largest absolute Gasteiger partial charge is 0.370 e. The van der Waals surface area contributed by atoms with Gasteiger partial charge in [0.2, 0.25) is 11.8 Å². The summed E-state index contributed by atoms with van der Waals surface area (Å²) in [5, 5.41) is 3.96. The standard InChI is InChI=1S/C14H18N2O2S/c15-13(17)9-12-3-1-2-7-16(12)14(18)5-4-11-6-8-19-10-11/h4-6,8,10,12H,1-3,7,9H2,(H2,15,17)/b5-4+/t12-/m0/s1. The molecule has 102 valence electrons. The van der Waals surface area contributed by atoms with Crippen LogP contribution in [0.2, 0.25) is 0 Å². The van der Waals surface area contributed by atoms with E-state index >= 15 is 0 Å². The Labute approximate surface area is 116 Å². The first kappa shape index (κ1) is 13.8. The van der Waals surface area contributed by atoms with Gasteiger partial charge in [-0.15, -0.1) is 0 Å². The fourth-order valence-electron chi connectivity index (χ4n) is 2.37. The minimum Gasteiger partial charge on any atom is -0.370 e. The summed E-state index contributed by atoms with van der Waals surface area (Å²) >= 11 is 1.60. The molecule has 0 spiro atoms. The van der Waals surface area contributed by atoms with Crippen molar-refractivity contribution in [3.05, 3.63) is 28.5 Å². The first-order valence-corrected chi connectivity index (χ1v) is 7.40. The number of likely N-dealkylation sites (tertiary alicyclic amines) is 1. The summed E-state index contributed by atoms with van der Waals surface area (Å²) in [7, 11) is 0. The van der Waals surface area contributed by atoms with Crippen LogP contribution >= 0.6 is 11.3 Å². The van der Waals surface area contributed by atoms with Crippen molar-refractivity contribution in [3.63, 3.8) is 0 Å². The number of nitrogens with zero attached hydrogens (tertiary/aromatic N) is 1. The maximum absolute atomic E-state index is 12.2. The second kappa shape index (κ2) is 6.52. The normalized spacial score (nSPS) is 19.8. The van der Waals surface area contributed by atoms with Crippen molar-refractivity contribution in [3.8, 4) is 0 Å². The number of amides is 2. The molecule has 4 nitrogen and oxygen atoms in total. The highest BCUT2D eigenvalue weighted by molar-refractivity contribution is 7.08. The van der Waals surface area contributed by atoms with Crippen LogP contribution in [0.25, 0.3) is 6.08 Å². The molecule has 2 N–H and O–H groups in total. The van der Waals surface area contributed by atoms with Crippen LogP contribution in [0, 0.1) is 0 Å². The van der Waals surface area contributed by atoms with Crippen LogP contribution in [-0.2, 0) is 9.59 Å². The summed E-state index contributed by atoms with van der Waals surface area (Å²) < 4.78 is 0. The molecule has 2 rings (SSSR count). The summed E-state index contributed by atoms with van der Waals surface area (Å²) in [4.78, 5) is 25.0. The van der Waals surface area contributed by atoms with E-state index < -0.39 is 0 Å². The predicted octanol–water partition coefficient (Wildman–Crippen LogP) is 2.02. The predicted molar refractivity (Wildman–Crippen MR) is 76.5 cm³/mol. The van der Waals surface area contributed by atoms with Crippen LogP contribution in [0.1, 0.15) is 31.2 Å². The van der Waals surface area contributed by atoms with Crippen LogP contribution < -0.4 is 5.73 Å². The lowest BCUT2D eigenvalue weighted by molar-refractivity contribution is -0.130. The Bertz CT molecular complexity index is 468. The molecule has 1 aromatic heterocycles. The lowest BCUT2D eigenvalue weighted by Crippen LogP contribution is -2.44. The zero-order valence-corrected chi connectivity index (χ0v) is 11.6. The molecule has 5 heteroatoms. The van der Waals surface area contributed by atoms with Crippen molar-refractivity contribution in [1.82, 2.24) is 4.90 Å². The van der Waals surface area contributed by atoms with Crippen molar-refractivity contribution >= 4 is 29.2 Å². The van der Waals surface area contributed by atoms with Gasteiger partial charge in [0.1, 0.15) is 0 Å². The average molecular weight is 278 g/mol. The second-order valence-electron chi connectivity index (χ2n) is 4.74. The molecule has 2 heterocycles. The maximum atomic E-state index is 12.2. The molecule has 0 aliphatic carbocycles. The number of hydrogen-bond acceptors (Lipinski definition) is 3. The second-order valence-corrected chi connectivity index (χ2v) is 5.52. The molecule has 0 aromatic carbocycles. The Morgan fingerprint density at radius 3 is 3.00 bits per heavy atom. The highest BCUT2D eigenvalue weighted by Gasteiger charge is 2.26. The Balaban J connectivity index is 2.00. The SMILES string of the molecule is NC(=O)C[C@@H]1CCCCN1C(=O)/C=C/c1ccsc1. The quantitative estimate of drug-likeness (QED) is 0.856. The highest BCUT2D eigenvalue weighted by atomic mass is 32.1. The Hall–Kier alpha value is -1.62. The number of carbonyl (C=O) groups excluding carboxylic acids is 2. The Morgan fingerprint density at radius 2 is 2.32 bits per heavy atom. The summed E-state index contributed by atoms with van der Waals surface area (Å²) in [6.07, 6.45) is 6.57. The van der Waals surface area contributed by atoms with Crippen molar-refractivity contribution in [1.29, 1.82) is 0 Å². The molecule has 2 amide bonds. The highest BCUT2D eigenvalue weighted by Crippen LogP contribution is 2.20. The first-order valence-electron chi connectivity index (χ1n) is 6.46. The zero-order chi connectivity index (χ0) is 13.7. The minimum absolute atomic E-state index is 0.0304. The van der Waals surface area contributed by atoms with Gasteiger partial charge >= 0.3 is 0 Å².